The summed E-state index contributed by atoms with van der Waals surface area (Å²) in [4.78, 5) is 13.6. The van der Waals surface area contributed by atoms with Gasteiger partial charge in [-0.15, -0.1) is 0 Å². The van der Waals surface area contributed by atoms with E-state index in [9.17, 15) is 4.79 Å². The number of amides is 1. The molecule has 0 spiro atoms. The third-order valence-electron chi connectivity index (χ3n) is 3.70. The van der Waals surface area contributed by atoms with E-state index in [1.165, 1.54) is 25.9 Å². The van der Waals surface area contributed by atoms with E-state index in [4.69, 9.17) is 0 Å². The maximum absolute atomic E-state index is 11.1. The number of carbonyl (C=O) groups is 1. The van der Waals surface area contributed by atoms with Gasteiger partial charge in [0.2, 0.25) is 5.91 Å². The molecule has 1 heterocycles. The van der Waals surface area contributed by atoms with Crippen LogP contribution in [-0.4, -0.2) is 36.0 Å². The van der Waals surface area contributed by atoms with Gasteiger partial charge in [-0.1, -0.05) is 6.92 Å². The number of rotatable bonds is 4. The quantitative estimate of drug-likeness (QED) is 0.795. The largest absolute Gasteiger partial charge is 0.353 e. The lowest BCUT2D eigenvalue weighted by Gasteiger charge is -2.37. The summed E-state index contributed by atoms with van der Waals surface area (Å²) in [5, 5.41) is 3.09. The Labute approximate surface area is 99.6 Å². The van der Waals surface area contributed by atoms with Crippen LogP contribution < -0.4 is 5.32 Å². The van der Waals surface area contributed by atoms with Crippen LogP contribution in [0.5, 0.6) is 0 Å². The van der Waals surface area contributed by atoms with Gasteiger partial charge in [0, 0.05) is 19.0 Å². The Morgan fingerprint density at radius 1 is 1.38 bits per heavy atom. The van der Waals surface area contributed by atoms with Crippen molar-refractivity contribution in [2.24, 2.45) is 5.92 Å². The zero-order valence-corrected chi connectivity index (χ0v) is 11.1. The molecule has 1 aliphatic rings. The minimum Gasteiger partial charge on any atom is -0.353 e. The highest BCUT2D eigenvalue weighted by molar-refractivity contribution is 5.73. The van der Waals surface area contributed by atoms with Gasteiger partial charge in [0.1, 0.15) is 0 Å². The first-order valence-corrected chi connectivity index (χ1v) is 6.55. The third kappa shape index (κ3) is 3.78. The molecule has 1 fully saturated rings. The molecule has 1 unspecified atom stereocenters. The van der Waals surface area contributed by atoms with Crippen molar-refractivity contribution in [3.05, 3.63) is 0 Å². The van der Waals surface area contributed by atoms with Crippen LogP contribution in [0.4, 0.5) is 0 Å². The Balaban J connectivity index is 2.41. The fourth-order valence-corrected chi connectivity index (χ4v) is 2.65. The van der Waals surface area contributed by atoms with Crippen LogP contribution >= 0.6 is 0 Å². The molecule has 1 rings (SSSR count). The number of likely N-dealkylation sites (tertiary alicyclic amines) is 1. The summed E-state index contributed by atoms with van der Waals surface area (Å²) in [7, 11) is 0. The predicted molar refractivity (Wildman–Crippen MR) is 67.3 cm³/mol. The molecule has 0 saturated carbocycles. The first-order chi connectivity index (χ1) is 7.54. The summed E-state index contributed by atoms with van der Waals surface area (Å²) in [6.07, 6.45) is 3.49. The van der Waals surface area contributed by atoms with E-state index in [1.54, 1.807) is 6.92 Å². The summed E-state index contributed by atoms with van der Waals surface area (Å²) < 4.78 is 0. The van der Waals surface area contributed by atoms with Crippen molar-refractivity contribution in [2.75, 3.05) is 13.1 Å². The summed E-state index contributed by atoms with van der Waals surface area (Å²) in [6.45, 7) is 10.6. The van der Waals surface area contributed by atoms with E-state index < -0.39 is 0 Å². The van der Waals surface area contributed by atoms with E-state index >= 15 is 0 Å². The van der Waals surface area contributed by atoms with Crippen LogP contribution in [0.2, 0.25) is 0 Å². The second-order valence-electron chi connectivity index (χ2n) is 5.18. The van der Waals surface area contributed by atoms with Crippen LogP contribution in [-0.2, 0) is 4.79 Å². The molecule has 3 heteroatoms. The summed E-state index contributed by atoms with van der Waals surface area (Å²) in [6, 6.07) is 1.04. The van der Waals surface area contributed by atoms with Crippen molar-refractivity contribution in [1.82, 2.24) is 10.2 Å². The predicted octanol–water partition coefficient (Wildman–Crippen LogP) is 2.02. The molecule has 0 bridgehead atoms. The van der Waals surface area contributed by atoms with Gasteiger partial charge in [0.25, 0.3) is 0 Å². The number of hydrogen-bond donors (Lipinski definition) is 1. The minimum absolute atomic E-state index is 0.109. The Kier molecular flexibility index (Phi) is 5.26. The SMILES string of the molecule is CCC(NC(C)=O)C1CCN(C(C)C)CC1. The topological polar surface area (TPSA) is 32.3 Å². The van der Waals surface area contributed by atoms with Crippen LogP contribution in [0, 0.1) is 5.92 Å². The molecule has 0 aromatic rings. The van der Waals surface area contributed by atoms with E-state index in [2.05, 4.69) is 31.0 Å². The van der Waals surface area contributed by atoms with Crippen LogP contribution in [0.1, 0.15) is 47.0 Å². The maximum Gasteiger partial charge on any atom is 0.217 e. The van der Waals surface area contributed by atoms with Gasteiger partial charge in [-0.05, 0) is 52.1 Å². The zero-order valence-electron chi connectivity index (χ0n) is 11.1. The van der Waals surface area contributed by atoms with Crippen molar-refractivity contribution in [3.8, 4) is 0 Å². The normalized spacial score (nSPS) is 21.1. The number of piperidine rings is 1. The average molecular weight is 226 g/mol. The molecule has 0 radical (unpaired) electrons. The number of nitrogens with zero attached hydrogens (tertiary/aromatic N) is 1. The van der Waals surface area contributed by atoms with Gasteiger partial charge in [-0.25, -0.2) is 0 Å². The lowest BCUT2D eigenvalue weighted by atomic mass is 9.87. The van der Waals surface area contributed by atoms with Crippen molar-refractivity contribution in [2.45, 2.75) is 59.0 Å². The van der Waals surface area contributed by atoms with Crippen LogP contribution in [0.25, 0.3) is 0 Å². The fourth-order valence-electron chi connectivity index (χ4n) is 2.65. The lowest BCUT2D eigenvalue weighted by molar-refractivity contribution is -0.120. The Morgan fingerprint density at radius 3 is 2.31 bits per heavy atom. The van der Waals surface area contributed by atoms with Crippen molar-refractivity contribution in [1.29, 1.82) is 0 Å². The van der Waals surface area contributed by atoms with E-state index in [1.807, 2.05) is 0 Å². The highest BCUT2D eigenvalue weighted by Crippen LogP contribution is 2.23. The van der Waals surface area contributed by atoms with Crippen molar-refractivity contribution in [3.63, 3.8) is 0 Å². The molecule has 0 aliphatic carbocycles. The van der Waals surface area contributed by atoms with Gasteiger partial charge in [0.05, 0.1) is 0 Å². The van der Waals surface area contributed by atoms with Crippen molar-refractivity contribution < 1.29 is 4.79 Å². The molecular formula is C13H26N2O. The standard InChI is InChI=1S/C13H26N2O/c1-5-13(14-11(4)16)12-6-8-15(9-7-12)10(2)3/h10,12-13H,5-9H2,1-4H3,(H,14,16). The Hall–Kier alpha value is -0.570. The van der Waals surface area contributed by atoms with Gasteiger partial charge < -0.3 is 10.2 Å². The maximum atomic E-state index is 11.1. The smallest absolute Gasteiger partial charge is 0.217 e. The van der Waals surface area contributed by atoms with Gasteiger partial charge in [-0.3, -0.25) is 4.79 Å². The minimum atomic E-state index is 0.109. The molecule has 0 aromatic heterocycles. The molecule has 16 heavy (non-hydrogen) atoms. The van der Waals surface area contributed by atoms with Crippen LogP contribution in [0.15, 0.2) is 0 Å². The monoisotopic (exact) mass is 226 g/mol. The molecule has 3 nitrogen and oxygen atoms in total. The second-order valence-corrected chi connectivity index (χ2v) is 5.18. The molecule has 1 saturated heterocycles. The van der Waals surface area contributed by atoms with Crippen molar-refractivity contribution >= 4 is 5.91 Å². The van der Waals surface area contributed by atoms with Gasteiger partial charge >= 0.3 is 0 Å². The van der Waals surface area contributed by atoms with E-state index in [0.29, 0.717) is 18.0 Å². The van der Waals surface area contributed by atoms with Gasteiger partial charge in [0.15, 0.2) is 0 Å². The molecule has 0 aromatic carbocycles. The highest BCUT2D eigenvalue weighted by atomic mass is 16.1. The fraction of sp³-hybridized carbons (Fsp3) is 0.923. The Bertz CT molecular complexity index is 220. The van der Waals surface area contributed by atoms with E-state index in [0.717, 1.165) is 6.42 Å². The lowest BCUT2D eigenvalue weighted by Crippen LogP contribution is -2.46. The molecule has 1 atom stereocenters. The summed E-state index contributed by atoms with van der Waals surface area (Å²) >= 11 is 0. The summed E-state index contributed by atoms with van der Waals surface area (Å²) in [5.74, 6) is 0.780. The first-order valence-electron chi connectivity index (χ1n) is 6.55. The Morgan fingerprint density at radius 2 is 1.94 bits per heavy atom. The van der Waals surface area contributed by atoms with Crippen LogP contribution in [0.3, 0.4) is 0 Å². The van der Waals surface area contributed by atoms with Gasteiger partial charge in [-0.2, -0.15) is 0 Å². The zero-order chi connectivity index (χ0) is 12.1. The molecule has 1 amide bonds. The first kappa shape index (κ1) is 13.5. The molecule has 94 valence electrons. The number of carbonyl (C=O) groups excluding carboxylic acids is 1. The molecule has 1 N–H and O–H groups in total. The number of hydrogen-bond acceptors (Lipinski definition) is 2. The molecule has 1 aliphatic heterocycles. The summed E-state index contributed by atoms with van der Waals surface area (Å²) in [5.41, 5.74) is 0. The highest BCUT2D eigenvalue weighted by Gasteiger charge is 2.26. The number of nitrogens with one attached hydrogen (secondary N) is 1. The second kappa shape index (κ2) is 6.24. The molecular weight excluding hydrogens is 200 g/mol. The average Bonchev–Trinajstić information content (AvgIpc) is 2.25. The third-order valence-corrected chi connectivity index (χ3v) is 3.70. The van der Waals surface area contributed by atoms with E-state index in [-0.39, 0.29) is 5.91 Å².